The van der Waals surface area contributed by atoms with Gasteiger partial charge in [0.15, 0.2) is 0 Å². The van der Waals surface area contributed by atoms with Crippen LogP contribution in [-0.4, -0.2) is 19.1 Å². The minimum Gasteiger partial charge on any atom is -0.371 e. The summed E-state index contributed by atoms with van der Waals surface area (Å²) in [6, 6.07) is 7.32. The number of hydrogen-bond donors (Lipinski definition) is 1. The minimum atomic E-state index is 0.492. The molecule has 0 bridgehead atoms. The molecule has 1 atom stereocenters. The molecule has 102 valence electrons. The Balaban J connectivity index is 2.79. The van der Waals surface area contributed by atoms with Gasteiger partial charge < -0.3 is 10.2 Å². The van der Waals surface area contributed by atoms with Crippen molar-refractivity contribution >= 4 is 17.3 Å². The Kier molecular flexibility index (Phi) is 5.97. The van der Waals surface area contributed by atoms with Crippen LogP contribution in [0.4, 0.5) is 5.69 Å². The maximum atomic E-state index is 6.37. The molecule has 0 aliphatic carbocycles. The van der Waals surface area contributed by atoms with E-state index < -0.39 is 0 Å². The van der Waals surface area contributed by atoms with Crippen LogP contribution in [0, 0.1) is 0 Å². The van der Waals surface area contributed by atoms with E-state index in [9.17, 15) is 0 Å². The molecule has 1 aromatic carbocycles. The molecule has 2 nitrogen and oxygen atoms in total. The Morgan fingerprint density at radius 3 is 2.44 bits per heavy atom. The van der Waals surface area contributed by atoms with E-state index in [1.165, 1.54) is 5.56 Å². The third-order valence-electron chi connectivity index (χ3n) is 3.36. The van der Waals surface area contributed by atoms with Crippen molar-refractivity contribution in [1.82, 2.24) is 5.32 Å². The van der Waals surface area contributed by atoms with Crippen molar-refractivity contribution in [3.05, 3.63) is 28.8 Å². The summed E-state index contributed by atoms with van der Waals surface area (Å²) in [6.07, 6.45) is 1.11. The standard InChI is InChI=1S/C15H25ClN2/c1-6-12(4)18(5)15-8-7-13(9-14(15)16)10-17-11(2)3/h7-9,11-12,17H,6,10H2,1-5H3. The number of halogens is 1. The van der Waals surface area contributed by atoms with Crippen LogP contribution in [-0.2, 0) is 6.54 Å². The number of anilines is 1. The van der Waals surface area contributed by atoms with Crippen molar-refractivity contribution < 1.29 is 0 Å². The molecule has 0 spiro atoms. The molecular weight excluding hydrogens is 244 g/mol. The highest BCUT2D eigenvalue weighted by Gasteiger charge is 2.11. The molecule has 0 radical (unpaired) electrons. The fourth-order valence-corrected chi connectivity index (χ4v) is 2.12. The zero-order valence-electron chi connectivity index (χ0n) is 12.1. The second-order valence-corrected chi connectivity index (χ2v) is 5.60. The second-order valence-electron chi connectivity index (χ2n) is 5.19. The van der Waals surface area contributed by atoms with Crippen molar-refractivity contribution in [2.45, 2.75) is 52.7 Å². The normalized spacial score (nSPS) is 12.8. The molecule has 1 aromatic rings. The zero-order valence-corrected chi connectivity index (χ0v) is 12.9. The van der Waals surface area contributed by atoms with Crippen LogP contribution in [0.2, 0.25) is 5.02 Å². The predicted octanol–water partition coefficient (Wildman–Crippen LogP) is 4.07. The average molecular weight is 269 g/mol. The van der Waals surface area contributed by atoms with E-state index in [0.29, 0.717) is 12.1 Å². The van der Waals surface area contributed by atoms with E-state index in [1.54, 1.807) is 0 Å². The SMILES string of the molecule is CCC(C)N(C)c1ccc(CNC(C)C)cc1Cl. The Morgan fingerprint density at radius 2 is 1.94 bits per heavy atom. The first-order valence-electron chi connectivity index (χ1n) is 6.70. The molecule has 0 amide bonds. The third kappa shape index (κ3) is 4.18. The smallest absolute Gasteiger partial charge is 0.0642 e. The van der Waals surface area contributed by atoms with E-state index in [2.05, 4.69) is 63.2 Å². The fraction of sp³-hybridized carbons (Fsp3) is 0.600. The van der Waals surface area contributed by atoms with E-state index in [0.717, 1.165) is 23.7 Å². The van der Waals surface area contributed by atoms with Gasteiger partial charge in [-0.25, -0.2) is 0 Å². The summed E-state index contributed by atoms with van der Waals surface area (Å²) in [5.41, 5.74) is 2.34. The number of rotatable bonds is 6. The van der Waals surface area contributed by atoms with Crippen molar-refractivity contribution in [2.75, 3.05) is 11.9 Å². The lowest BCUT2D eigenvalue weighted by Crippen LogP contribution is -2.28. The zero-order chi connectivity index (χ0) is 13.7. The van der Waals surface area contributed by atoms with Gasteiger partial charge in [-0.05, 0) is 31.0 Å². The van der Waals surface area contributed by atoms with Gasteiger partial charge >= 0.3 is 0 Å². The molecule has 3 heteroatoms. The fourth-order valence-electron chi connectivity index (χ4n) is 1.78. The van der Waals surface area contributed by atoms with Crippen LogP contribution in [0.15, 0.2) is 18.2 Å². The third-order valence-corrected chi connectivity index (χ3v) is 3.66. The number of hydrogen-bond acceptors (Lipinski definition) is 2. The first-order chi connectivity index (χ1) is 8.45. The van der Waals surface area contributed by atoms with Gasteiger partial charge in [-0.1, -0.05) is 38.4 Å². The average Bonchev–Trinajstić information content (AvgIpc) is 2.34. The van der Waals surface area contributed by atoms with Crippen molar-refractivity contribution in [3.8, 4) is 0 Å². The van der Waals surface area contributed by atoms with Crippen LogP contribution in [0.3, 0.4) is 0 Å². The molecule has 1 rings (SSSR count). The highest BCUT2D eigenvalue weighted by Crippen LogP contribution is 2.27. The quantitative estimate of drug-likeness (QED) is 0.837. The van der Waals surface area contributed by atoms with E-state index in [4.69, 9.17) is 11.6 Å². The van der Waals surface area contributed by atoms with E-state index >= 15 is 0 Å². The molecule has 0 fully saturated rings. The second kappa shape index (κ2) is 7.01. The summed E-state index contributed by atoms with van der Waals surface area (Å²) in [5, 5.41) is 4.23. The Morgan fingerprint density at radius 1 is 1.28 bits per heavy atom. The predicted molar refractivity (Wildman–Crippen MR) is 81.6 cm³/mol. The van der Waals surface area contributed by atoms with Gasteiger partial charge in [0.2, 0.25) is 0 Å². The first kappa shape index (κ1) is 15.3. The maximum absolute atomic E-state index is 6.37. The van der Waals surface area contributed by atoms with Gasteiger partial charge in [0, 0.05) is 25.7 Å². The number of benzene rings is 1. The molecule has 1 N–H and O–H groups in total. The Labute approximate surface area is 116 Å². The molecule has 1 unspecified atom stereocenters. The maximum Gasteiger partial charge on any atom is 0.0642 e. The lowest BCUT2D eigenvalue weighted by molar-refractivity contribution is 0.589. The van der Waals surface area contributed by atoms with E-state index in [1.807, 2.05) is 0 Å². The van der Waals surface area contributed by atoms with Crippen LogP contribution < -0.4 is 10.2 Å². The monoisotopic (exact) mass is 268 g/mol. The lowest BCUT2D eigenvalue weighted by atomic mass is 10.1. The van der Waals surface area contributed by atoms with Gasteiger partial charge in [-0.2, -0.15) is 0 Å². The molecule has 18 heavy (non-hydrogen) atoms. The summed E-state index contributed by atoms with van der Waals surface area (Å²) in [6.45, 7) is 9.56. The largest absolute Gasteiger partial charge is 0.371 e. The Hall–Kier alpha value is -0.730. The highest BCUT2D eigenvalue weighted by molar-refractivity contribution is 6.33. The van der Waals surface area contributed by atoms with Crippen LogP contribution >= 0.6 is 11.6 Å². The van der Waals surface area contributed by atoms with Crippen LogP contribution in [0.5, 0.6) is 0 Å². The van der Waals surface area contributed by atoms with Crippen LogP contribution in [0.1, 0.15) is 39.7 Å². The minimum absolute atomic E-state index is 0.492. The molecule has 0 aromatic heterocycles. The molecular formula is C15H25ClN2. The molecule has 0 saturated carbocycles. The van der Waals surface area contributed by atoms with Gasteiger partial charge in [0.1, 0.15) is 0 Å². The van der Waals surface area contributed by atoms with Crippen molar-refractivity contribution in [1.29, 1.82) is 0 Å². The topological polar surface area (TPSA) is 15.3 Å². The van der Waals surface area contributed by atoms with Gasteiger partial charge in [0.05, 0.1) is 10.7 Å². The summed E-state index contributed by atoms with van der Waals surface area (Å²) < 4.78 is 0. The lowest BCUT2D eigenvalue weighted by Gasteiger charge is -2.27. The van der Waals surface area contributed by atoms with Gasteiger partial charge in [-0.3, -0.25) is 0 Å². The summed E-state index contributed by atoms with van der Waals surface area (Å²) >= 11 is 6.37. The van der Waals surface area contributed by atoms with Crippen molar-refractivity contribution in [2.24, 2.45) is 0 Å². The molecule has 0 aliphatic rings. The molecule has 0 saturated heterocycles. The van der Waals surface area contributed by atoms with Gasteiger partial charge in [0.25, 0.3) is 0 Å². The summed E-state index contributed by atoms with van der Waals surface area (Å²) in [4.78, 5) is 2.24. The Bertz CT molecular complexity index is 377. The number of nitrogens with zero attached hydrogens (tertiary/aromatic N) is 1. The van der Waals surface area contributed by atoms with Crippen molar-refractivity contribution in [3.63, 3.8) is 0 Å². The molecule has 0 aliphatic heterocycles. The summed E-state index contributed by atoms with van der Waals surface area (Å²) in [5.74, 6) is 0. The van der Waals surface area contributed by atoms with E-state index in [-0.39, 0.29) is 0 Å². The highest BCUT2D eigenvalue weighted by atomic mass is 35.5. The number of nitrogens with one attached hydrogen (secondary N) is 1. The summed E-state index contributed by atoms with van der Waals surface area (Å²) in [7, 11) is 2.10. The first-order valence-corrected chi connectivity index (χ1v) is 7.08. The molecule has 0 heterocycles. The van der Waals surface area contributed by atoms with Gasteiger partial charge in [-0.15, -0.1) is 0 Å². The van der Waals surface area contributed by atoms with Crippen LogP contribution in [0.25, 0.3) is 0 Å².